The maximum atomic E-state index is 11.9. The molecule has 0 aliphatic heterocycles. The van der Waals surface area contributed by atoms with E-state index in [0.717, 1.165) is 6.26 Å². The molecule has 0 saturated carbocycles. The minimum atomic E-state index is -3.46. The van der Waals surface area contributed by atoms with Gasteiger partial charge in [0.05, 0.1) is 19.0 Å². The van der Waals surface area contributed by atoms with Gasteiger partial charge in [-0.1, -0.05) is 13.8 Å². The molecule has 0 radical (unpaired) electrons. The van der Waals surface area contributed by atoms with E-state index >= 15 is 0 Å². The first-order valence-corrected chi connectivity index (χ1v) is 7.96. The fourth-order valence-corrected chi connectivity index (χ4v) is 2.25. The van der Waals surface area contributed by atoms with Crippen molar-refractivity contribution in [3.8, 4) is 0 Å². The second-order valence-electron chi connectivity index (χ2n) is 4.93. The average Bonchev–Trinajstić information content (AvgIpc) is 2.22. The summed E-state index contributed by atoms with van der Waals surface area (Å²) < 4.78 is 29.4. The van der Waals surface area contributed by atoms with Crippen molar-refractivity contribution < 1.29 is 23.1 Å². The van der Waals surface area contributed by atoms with Gasteiger partial charge in [-0.05, 0) is 12.3 Å². The van der Waals surface area contributed by atoms with Crippen LogP contribution in [0.5, 0.6) is 0 Å². The number of aliphatic hydroxyl groups excluding tert-OH is 1. The third-order valence-electron chi connectivity index (χ3n) is 2.25. The predicted molar refractivity (Wildman–Crippen MR) is 72.1 cm³/mol. The summed E-state index contributed by atoms with van der Waals surface area (Å²) in [6, 6.07) is -0.829. The Kier molecular flexibility index (Phi) is 8.15. The Hall–Kier alpha value is -0.700. The highest BCUT2D eigenvalue weighted by Crippen LogP contribution is 2.06. The van der Waals surface area contributed by atoms with Gasteiger partial charge in [0.1, 0.15) is 6.04 Å². The number of methoxy groups -OCH3 is 1. The van der Waals surface area contributed by atoms with E-state index in [2.05, 4.69) is 10.0 Å². The van der Waals surface area contributed by atoms with Crippen LogP contribution in [-0.4, -0.2) is 58.1 Å². The summed E-state index contributed by atoms with van der Waals surface area (Å²) in [4.78, 5) is 11.9. The number of sulfonamides is 1. The molecule has 0 aliphatic rings. The number of carbonyl (C=O) groups excluding carboxylic acids is 1. The Labute approximate surface area is 114 Å². The van der Waals surface area contributed by atoms with Gasteiger partial charge in [0.25, 0.3) is 0 Å². The molecule has 19 heavy (non-hydrogen) atoms. The van der Waals surface area contributed by atoms with Crippen LogP contribution in [-0.2, 0) is 19.6 Å². The van der Waals surface area contributed by atoms with E-state index in [9.17, 15) is 18.3 Å². The van der Waals surface area contributed by atoms with E-state index in [1.165, 1.54) is 7.11 Å². The standard InChI is InChI=1S/C11H24N2O5S/c1-8(2)5-10(13-19(4,16)17)11(15)12-6-9(14)7-18-3/h8-10,13-14H,5-7H2,1-4H3,(H,12,15). The number of aliphatic hydroxyl groups is 1. The molecule has 3 N–H and O–H groups in total. The molecule has 114 valence electrons. The number of ether oxygens (including phenoxy) is 1. The van der Waals surface area contributed by atoms with E-state index in [-0.39, 0.29) is 19.1 Å². The Morgan fingerprint density at radius 3 is 2.37 bits per heavy atom. The summed E-state index contributed by atoms with van der Waals surface area (Å²) >= 11 is 0. The first-order chi connectivity index (χ1) is 8.65. The molecule has 0 saturated heterocycles. The Bertz CT molecular complexity index is 369. The number of nitrogens with one attached hydrogen (secondary N) is 2. The monoisotopic (exact) mass is 296 g/mol. The summed E-state index contributed by atoms with van der Waals surface area (Å²) in [6.45, 7) is 3.91. The molecular weight excluding hydrogens is 272 g/mol. The molecule has 0 aromatic rings. The van der Waals surface area contributed by atoms with Crippen molar-refractivity contribution in [2.75, 3.05) is 26.5 Å². The third kappa shape index (κ3) is 9.83. The van der Waals surface area contributed by atoms with Crippen LogP contribution in [0.4, 0.5) is 0 Å². The molecule has 0 aromatic carbocycles. The van der Waals surface area contributed by atoms with Crippen molar-refractivity contribution >= 4 is 15.9 Å². The second-order valence-corrected chi connectivity index (χ2v) is 6.71. The van der Waals surface area contributed by atoms with Crippen molar-refractivity contribution in [2.45, 2.75) is 32.4 Å². The van der Waals surface area contributed by atoms with Crippen molar-refractivity contribution in [3.63, 3.8) is 0 Å². The lowest BCUT2D eigenvalue weighted by Gasteiger charge is -2.20. The lowest BCUT2D eigenvalue weighted by atomic mass is 10.0. The van der Waals surface area contributed by atoms with Gasteiger partial charge in [0.15, 0.2) is 0 Å². The highest BCUT2D eigenvalue weighted by molar-refractivity contribution is 7.88. The van der Waals surface area contributed by atoms with Gasteiger partial charge in [0.2, 0.25) is 15.9 Å². The molecule has 2 atom stereocenters. The molecule has 0 bridgehead atoms. The molecule has 7 nitrogen and oxygen atoms in total. The predicted octanol–water partition coefficient (Wildman–Crippen LogP) is -0.926. The largest absolute Gasteiger partial charge is 0.389 e. The zero-order valence-corrected chi connectivity index (χ0v) is 12.7. The van der Waals surface area contributed by atoms with Crippen LogP contribution in [0.15, 0.2) is 0 Å². The Morgan fingerprint density at radius 1 is 1.37 bits per heavy atom. The van der Waals surface area contributed by atoms with Gasteiger partial charge < -0.3 is 15.2 Å². The van der Waals surface area contributed by atoms with Crippen molar-refractivity contribution in [2.24, 2.45) is 5.92 Å². The topological polar surface area (TPSA) is 105 Å². The van der Waals surface area contributed by atoms with Gasteiger partial charge in [-0.15, -0.1) is 0 Å². The molecule has 0 heterocycles. The molecular formula is C11H24N2O5S. The van der Waals surface area contributed by atoms with Crippen molar-refractivity contribution in [1.82, 2.24) is 10.0 Å². The molecule has 0 rings (SSSR count). The van der Waals surface area contributed by atoms with Crippen LogP contribution in [0.3, 0.4) is 0 Å². The summed E-state index contributed by atoms with van der Waals surface area (Å²) in [7, 11) is -2.02. The normalized spacial score (nSPS) is 15.3. The highest BCUT2D eigenvalue weighted by Gasteiger charge is 2.23. The molecule has 0 aromatic heterocycles. The van der Waals surface area contributed by atoms with Gasteiger partial charge in [-0.2, -0.15) is 0 Å². The van der Waals surface area contributed by atoms with Crippen molar-refractivity contribution in [3.05, 3.63) is 0 Å². The maximum Gasteiger partial charge on any atom is 0.238 e. The Morgan fingerprint density at radius 2 is 1.95 bits per heavy atom. The van der Waals surface area contributed by atoms with E-state index in [4.69, 9.17) is 4.74 Å². The first kappa shape index (κ1) is 18.3. The van der Waals surface area contributed by atoms with Crippen LogP contribution >= 0.6 is 0 Å². The zero-order chi connectivity index (χ0) is 15.1. The molecule has 0 fully saturated rings. The average molecular weight is 296 g/mol. The summed E-state index contributed by atoms with van der Waals surface area (Å²) in [5.41, 5.74) is 0. The molecule has 2 unspecified atom stereocenters. The zero-order valence-electron chi connectivity index (χ0n) is 11.8. The molecule has 0 spiro atoms. The quantitative estimate of drug-likeness (QED) is 0.510. The SMILES string of the molecule is COCC(O)CNC(=O)C(CC(C)C)NS(C)(=O)=O. The highest BCUT2D eigenvalue weighted by atomic mass is 32.2. The lowest BCUT2D eigenvalue weighted by Crippen LogP contribution is -2.48. The fourth-order valence-electron chi connectivity index (χ4n) is 1.53. The van der Waals surface area contributed by atoms with Gasteiger partial charge in [-0.3, -0.25) is 4.79 Å². The number of amides is 1. The smallest absolute Gasteiger partial charge is 0.238 e. The number of carbonyl (C=O) groups is 1. The summed E-state index contributed by atoms with van der Waals surface area (Å²) in [6.07, 6.45) is 0.582. The second kappa shape index (κ2) is 8.47. The molecule has 0 aliphatic carbocycles. The third-order valence-corrected chi connectivity index (χ3v) is 2.96. The number of hydrogen-bond acceptors (Lipinski definition) is 5. The fraction of sp³-hybridized carbons (Fsp3) is 0.909. The number of hydrogen-bond donors (Lipinski definition) is 3. The van der Waals surface area contributed by atoms with Crippen LogP contribution < -0.4 is 10.0 Å². The Balaban J connectivity index is 4.46. The molecule has 8 heteroatoms. The van der Waals surface area contributed by atoms with Crippen LogP contribution in [0.1, 0.15) is 20.3 Å². The van der Waals surface area contributed by atoms with Gasteiger partial charge >= 0.3 is 0 Å². The minimum absolute atomic E-state index is 0.0205. The van der Waals surface area contributed by atoms with E-state index in [1.54, 1.807) is 0 Å². The maximum absolute atomic E-state index is 11.9. The summed E-state index contributed by atoms with van der Waals surface area (Å²) in [5, 5.41) is 11.9. The summed E-state index contributed by atoms with van der Waals surface area (Å²) in [5.74, 6) is -0.289. The van der Waals surface area contributed by atoms with Crippen LogP contribution in [0.25, 0.3) is 0 Å². The van der Waals surface area contributed by atoms with Crippen molar-refractivity contribution in [1.29, 1.82) is 0 Å². The lowest BCUT2D eigenvalue weighted by molar-refractivity contribution is -0.123. The van der Waals surface area contributed by atoms with E-state index in [1.807, 2.05) is 13.8 Å². The van der Waals surface area contributed by atoms with Gasteiger partial charge in [-0.25, -0.2) is 13.1 Å². The van der Waals surface area contributed by atoms with Gasteiger partial charge in [0, 0.05) is 13.7 Å². The minimum Gasteiger partial charge on any atom is -0.389 e. The van der Waals surface area contributed by atoms with E-state index < -0.39 is 28.1 Å². The molecule has 1 amide bonds. The van der Waals surface area contributed by atoms with Crippen LogP contribution in [0, 0.1) is 5.92 Å². The van der Waals surface area contributed by atoms with Crippen LogP contribution in [0.2, 0.25) is 0 Å². The first-order valence-electron chi connectivity index (χ1n) is 6.07. The number of rotatable bonds is 9. The van der Waals surface area contributed by atoms with E-state index in [0.29, 0.717) is 6.42 Å².